The highest BCUT2D eigenvalue weighted by Crippen LogP contribution is 2.23. The molecule has 1 aliphatic rings. The molecule has 1 fully saturated rings. The Hall–Kier alpha value is -3.20. The molecule has 0 radical (unpaired) electrons. The molecule has 2 aromatic heterocycles. The minimum Gasteiger partial charge on any atom is -0.455 e. The standard InChI is InChI=1S/C20H20N4O4S/c25-19(27-13-17-22-18(23-28-17)16-7-4-12-29-16)14-8-10-24(11-9-14)20(26)21-15-5-2-1-3-6-15/h1-7,12,14H,8-11,13H2,(H,21,26). The first-order valence-corrected chi connectivity index (χ1v) is 10.2. The van der Waals surface area contributed by atoms with Crippen molar-refractivity contribution in [2.75, 3.05) is 18.4 Å². The number of aromatic nitrogens is 2. The number of para-hydroxylation sites is 1. The molecule has 3 heterocycles. The first-order chi connectivity index (χ1) is 14.2. The van der Waals surface area contributed by atoms with Crippen LogP contribution in [-0.4, -0.2) is 40.1 Å². The van der Waals surface area contributed by atoms with Crippen molar-refractivity contribution in [3.05, 3.63) is 53.7 Å². The van der Waals surface area contributed by atoms with Crippen LogP contribution < -0.4 is 5.32 Å². The fourth-order valence-corrected chi connectivity index (χ4v) is 3.76. The van der Waals surface area contributed by atoms with E-state index < -0.39 is 0 Å². The normalized spacial score (nSPS) is 14.6. The van der Waals surface area contributed by atoms with Crippen LogP contribution in [0.5, 0.6) is 0 Å². The molecule has 8 nitrogen and oxygen atoms in total. The Bertz CT molecular complexity index is 950. The molecule has 0 unspecified atom stereocenters. The zero-order chi connectivity index (χ0) is 20.1. The molecule has 1 saturated heterocycles. The second-order valence-electron chi connectivity index (χ2n) is 6.65. The van der Waals surface area contributed by atoms with Crippen LogP contribution in [-0.2, 0) is 16.1 Å². The van der Waals surface area contributed by atoms with Gasteiger partial charge in [-0.3, -0.25) is 4.79 Å². The summed E-state index contributed by atoms with van der Waals surface area (Å²) in [6.45, 7) is 0.953. The minimum atomic E-state index is -0.302. The van der Waals surface area contributed by atoms with Crippen LogP contribution in [0.15, 0.2) is 52.4 Å². The van der Waals surface area contributed by atoms with Gasteiger partial charge in [0.2, 0.25) is 5.82 Å². The first-order valence-electron chi connectivity index (χ1n) is 9.33. The van der Waals surface area contributed by atoms with Gasteiger partial charge in [-0.2, -0.15) is 4.98 Å². The molecule has 29 heavy (non-hydrogen) atoms. The number of hydrogen-bond donors (Lipinski definition) is 1. The zero-order valence-corrected chi connectivity index (χ0v) is 16.4. The van der Waals surface area contributed by atoms with Gasteiger partial charge in [-0.05, 0) is 36.4 Å². The van der Waals surface area contributed by atoms with E-state index in [1.165, 1.54) is 11.3 Å². The molecular weight excluding hydrogens is 392 g/mol. The second-order valence-corrected chi connectivity index (χ2v) is 7.60. The summed E-state index contributed by atoms with van der Waals surface area (Å²) in [6.07, 6.45) is 1.12. The molecule has 1 N–H and O–H groups in total. The lowest BCUT2D eigenvalue weighted by Gasteiger charge is -2.30. The summed E-state index contributed by atoms with van der Waals surface area (Å²) in [7, 11) is 0. The van der Waals surface area contributed by atoms with E-state index >= 15 is 0 Å². The lowest BCUT2D eigenvalue weighted by atomic mass is 9.97. The van der Waals surface area contributed by atoms with E-state index in [0.717, 1.165) is 10.6 Å². The third-order valence-electron chi connectivity index (χ3n) is 4.69. The maximum atomic E-state index is 12.3. The van der Waals surface area contributed by atoms with Crippen molar-refractivity contribution >= 4 is 29.0 Å². The third-order valence-corrected chi connectivity index (χ3v) is 5.55. The van der Waals surface area contributed by atoms with Crippen LogP contribution in [0.2, 0.25) is 0 Å². The van der Waals surface area contributed by atoms with Gasteiger partial charge in [0.1, 0.15) is 0 Å². The summed E-state index contributed by atoms with van der Waals surface area (Å²) >= 11 is 1.51. The number of benzene rings is 1. The number of urea groups is 1. The average Bonchev–Trinajstić information content (AvgIpc) is 3.45. The van der Waals surface area contributed by atoms with E-state index in [4.69, 9.17) is 9.26 Å². The number of amides is 2. The Balaban J connectivity index is 1.22. The minimum absolute atomic E-state index is 0.0497. The van der Waals surface area contributed by atoms with E-state index in [1.807, 2.05) is 47.8 Å². The summed E-state index contributed by atoms with van der Waals surface area (Å²) in [5, 5.41) is 8.68. The zero-order valence-electron chi connectivity index (χ0n) is 15.6. The van der Waals surface area contributed by atoms with Crippen LogP contribution in [0.25, 0.3) is 10.7 Å². The van der Waals surface area contributed by atoms with Gasteiger partial charge in [0.15, 0.2) is 6.61 Å². The maximum absolute atomic E-state index is 12.3. The van der Waals surface area contributed by atoms with Crippen LogP contribution in [0.3, 0.4) is 0 Å². The largest absolute Gasteiger partial charge is 0.455 e. The number of piperidine rings is 1. The lowest BCUT2D eigenvalue weighted by Crippen LogP contribution is -2.42. The van der Waals surface area contributed by atoms with Gasteiger partial charge in [-0.1, -0.05) is 29.4 Å². The number of hydrogen-bond acceptors (Lipinski definition) is 7. The van der Waals surface area contributed by atoms with Crippen LogP contribution in [0.4, 0.5) is 10.5 Å². The fourth-order valence-electron chi connectivity index (χ4n) is 3.11. The molecule has 2 amide bonds. The molecule has 1 aliphatic heterocycles. The van der Waals surface area contributed by atoms with E-state index in [9.17, 15) is 9.59 Å². The van der Waals surface area contributed by atoms with Crippen molar-refractivity contribution in [1.82, 2.24) is 15.0 Å². The fraction of sp³-hybridized carbons (Fsp3) is 0.300. The smallest absolute Gasteiger partial charge is 0.321 e. The Morgan fingerprint density at radius 3 is 2.69 bits per heavy atom. The highest BCUT2D eigenvalue weighted by atomic mass is 32.1. The molecule has 3 aromatic rings. The molecule has 0 saturated carbocycles. The topological polar surface area (TPSA) is 97.6 Å². The summed E-state index contributed by atoms with van der Waals surface area (Å²) in [5.74, 6) is 0.213. The number of anilines is 1. The molecule has 0 spiro atoms. The lowest BCUT2D eigenvalue weighted by molar-refractivity contribution is -0.152. The monoisotopic (exact) mass is 412 g/mol. The van der Waals surface area contributed by atoms with E-state index in [2.05, 4.69) is 15.5 Å². The predicted molar refractivity (Wildman–Crippen MR) is 107 cm³/mol. The van der Waals surface area contributed by atoms with Crippen molar-refractivity contribution in [2.24, 2.45) is 5.92 Å². The van der Waals surface area contributed by atoms with Crippen LogP contribution in [0, 0.1) is 5.92 Å². The molecule has 0 atom stereocenters. The molecule has 1 aromatic carbocycles. The number of likely N-dealkylation sites (tertiary alicyclic amines) is 1. The number of thiophene rings is 1. The highest BCUT2D eigenvalue weighted by molar-refractivity contribution is 7.13. The van der Waals surface area contributed by atoms with Gasteiger partial charge < -0.3 is 19.5 Å². The summed E-state index contributed by atoms with van der Waals surface area (Å²) < 4.78 is 10.5. The van der Waals surface area contributed by atoms with Gasteiger partial charge in [0, 0.05) is 18.8 Å². The van der Waals surface area contributed by atoms with E-state index in [-0.39, 0.29) is 30.4 Å². The van der Waals surface area contributed by atoms with Gasteiger partial charge in [-0.25, -0.2) is 4.79 Å². The summed E-state index contributed by atoms with van der Waals surface area (Å²) in [5.41, 5.74) is 0.750. The molecular formula is C20H20N4O4S. The molecule has 0 bridgehead atoms. The van der Waals surface area contributed by atoms with Gasteiger partial charge >= 0.3 is 12.0 Å². The Kier molecular flexibility index (Phi) is 5.85. The van der Waals surface area contributed by atoms with Gasteiger partial charge in [0.05, 0.1) is 10.8 Å². The quantitative estimate of drug-likeness (QED) is 0.641. The molecule has 0 aliphatic carbocycles. The van der Waals surface area contributed by atoms with E-state index in [0.29, 0.717) is 31.8 Å². The number of nitrogens with one attached hydrogen (secondary N) is 1. The van der Waals surface area contributed by atoms with Gasteiger partial charge in [-0.15, -0.1) is 11.3 Å². The predicted octanol–water partition coefficient (Wildman–Crippen LogP) is 3.79. The summed E-state index contributed by atoms with van der Waals surface area (Å²) in [4.78, 5) is 31.5. The number of rotatable bonds is 5. The highest BCUT2D eigenvalue weighted by Gasteiger charge is 2.28. The van der Waals surface area contributed by atoms with Crippen LogP contribution >= 0.6 is 11.3 Å². The van der Waals surface area contributed by atoms with Crippen molar-refractivity contribution in [3.63, 3.8) is 0 Å². The maximum Gasteiger partial charge on any atom is 0.321 e. The Labute approximate surface area is 171 Å². The van der Waals surface area contributed by atoms with Crippen LogP contribution in [0.1, 0.15) is 18.7 Å². The molecule has 9 heteroatoms. The van der Waals surface area contributed by atoms with E-state index in [1.54, 1.807) is 4.90 Å². The number of carbonyl (C=O) groups excluding carboxylic acids is 2. The SMILES string of the molecule is O=C(OCc1nc(-c2cccs2)no1)C1CCN(C(=O)Nc2ccccc2)CC1. The van der Waals surface area contributed by atoms with Crippen molar-refractivity contribution in [2.45, 2.75) is 19.4 Å². The van der Waals surface area contributed by atoms with Gasteiger partial charge in [0.25, 0.3) is 5.89 Å². The number of ether oxygens (including phenoxy) is 1. The molecule has 4 rings (SSSR count). The van der Waals surface area contributed by atoms with Crippen molar-refractivity contribution in [1.29, 1.82) is 0 Å². The second kappa shape index (κ2) is 8.87. The number of nitrogens with zero attached hydrogens (tertiary/aromatic N) is 3. The Morgan fingerprint density at radius 1 is 1.17 bits per heavy atom. The van der Waals surface area contributed by atoms with Crippen molar-refractivity contribution in [3.8, 4) is 10.7 Å². The Morgan fingerprint density at radius 2 is 1.97 bits per heavy atom. The average molecular weight is 412 g/mol. The molecule has 150 valence electrons. The summed E-state index contributed by atoms with van der Waals surface area (Å²) in [6, 6.07) is 12.9. The first kappa shape index (κ1) is 19.1. The number of carbonyl (C=O) groups is 2. The van der Waals surface area contributed by atoms with Crippen molar-refractivity contribution < 1.29 is 18.8 Å². The third kappa shape index (κ3) is 4.80. The number of esters is 1.